The largest absolute Gasteiger partial charge is 0.508 e. The molecule has 1 aliphatic rings. The minimum absolute atomic E-state index is 0. The zero-order valence-electron chi connectivity index (χ0n) is 5.60. The second-order valence-corrected chi connectivity index (χ2v) is 2.17. The molecule has 0 aromatic heterocycles. The molecule has 1 fully saturated rings. The summed E-state index contributed by atoms with van der Waals surface area (Å²) < 4.78 is 0. The maximum Gasteiger partial charge on any atom is 0.180 e. The third kappa shape index (κ3) is 1.73. The second kappa shape index (κ2) is 3.24. The van der Waals surface area contributed by atoms with Crippen LogP contribution < -0.4 is 5.48 Å². The second-order valence-electron chi connectivity index (χ2n) is 2.17. The number of para-hydroxylation sites is 1. The molecule has 1 heterocycles. The third-order valence-corrected chi connectivity index (χ3v) is 1.45. The van der Waals surface area contributed by atoms with Gasteiger partial charge in [-0.2, -0.15) is 5.48 Å². The number of phenolic OH excluding ortho intramolecular Hbond substituents is 1. The summed E-state index contributed by atoms with van der Waals surface area (Å²) in [5, 5.41) is 9.20. The third-order valence-electron chi connectivity index (χ3n) is 1.45. The van der Waals surface area contributed by atoms with Crippen LogP contribution in [0.3, 0.4) is 0 Å². The van der Waals surface area contributed by atoms with E-state index >= 15 is 0 Å². The molecule has 3 nitrogen and oxygen atoms in total. The van der Waals surface area contributed by atoms with Gasteiger partial charge >= 0.3 is 0 Å². The number of rotatable bonds is 1. The summed E-state index contributed by atoms with van der Waals surface area (Å²) >= 11 is 0. The fourth-order valence-electron chi connectivity index (χ4n) is 0.870. The van der Waals surface area contributed by atoms with Crippen molar-refractivity contribution in [3.8, 4) is 5.75 Å². The van der Waals surface area contributed by atoms with Crippen LogP contribution in [0.1, 0.15) is 11.8 Å². The van der Waals surface area contributed by atoms with E-state index in [-0.39, 0.29) is 29.0 Å². The van der Waals surface area contributed by atoms with Crippen molar-refractivity contribution < 1.29 is 27.0 Å². The van der Waals surface area contributed by atoms with Crippen LogP contribution in [-0.4, -0.2) is 5.11 Å². The van der Waals surface area contributed by atoms with Crippen LogP contribution in [0, 0.1) is 0 Å². The summed E-state index contributed by atoms with van der Waals surface area (Å²) in [6.07, 6.45) is -0.0961. The first-order chi connectivity index (χ1) is 4.88. The Bertz CT molecular complexity index is 250. The maximum absolute atomic E-state index is 9.20. The van der Waals surface area contributed by atoms with Gasteiger partial charge in [0.15, 0.2) is 6.23 Å². The van der Waals surface area contributed by atoms with Crippen molar-refractivity contribution in [3.63, 3.8) is 0 Å². The van der Waals surface area contributed by atoms with Crippen LogP contribution in [0.4, 0.5) is 0 Å². The molecule has 0 radical (unpaired) electrons. The molecular formula is C7H7FeNO2. The quantitative estimate of drug-likeness (QED) is 0.515. The summed E-state index contributed by atoms with van der Waals surface area (Å²) in [6, 6.07) is 7.10. The molecule has 1 atom stereocenters. The summed E-state index contributed by atoms with van der Waals surface area (Å²) in [6.45, 7) is 0. The summed E-state index contributed by atoms with van der Waals surface area (Å²) in [5.41, 5.74) is 3.43. The van der Waals surface area contributed by atoms with Gasteiger partial charge in [0.25, 0.3) is 0 Å². The number of nitrogens with one attached hydrogen (secondary N) is 1. The number of phenols is 1. The molecular weight excluding hydrogens is 186 g/mol. The molecule has 0 aliphatic carbocycles. The van der Waals surface area contributed by atoms with Crippen LogP contribution in [0.5, 0.6) is 5.75 Å². The molecule has 0 saturated carbocycles. The Morgan fingerprint density at radius 2 is 2.00 bits per heavy atom. The molecule has 1 aromatic rings. The van der Waals surface area contributed by atoms with Crippen molar-refractivity contribution in [1.29, 1.82) is 0 Å². The van der Waals surface area contributed by atoms with Crippen molar-refractivity contribution in [2.45, 2.75) is 6.23 Å². The van der Waals surface area contributed by atoms with Gasteiger partial charge in [0.1, 0.15) is 5.75 Å². The molecule has 4 heteroatoms. The van der Waals surface area contributed by atoms with Crippen LogP contribution >= 0.6 is 0 Å². The molecule has 1 aromatic carbocycles. The van der Waals surface area contributed by atoms with Gasteiger partial charge in [-0.3, -0.25) is 4.84 Å². The Balaban J connectivity index is 0.000000605. The van der Waals surface area contributed by atoms with Gasteiger partial charge in [0.05, 0.1) is 0 Å². The summed E-state index contributed by atoms with van der Waals surface area (Å²) in [5.74, 6) is 0.275. The molecule has 2 N–H and O–H groups in total. The molecule has 0 bridgehead atoms. The molecule has 2 rings (SSSR count). The fourth-order valence-corrected chi connectivity index (χ4v) is 0.870. The SMILES string of the molecule is Oc1ccccc1C1NO1.[Fe]. The first-order valence-electron chi connectivity index (χ1n) is 3.07. The van der Waals surface area contributed by atoms with E-state index in [1.54, 1.807) is 12.1 Å². The van der Waals surface area contributed by atoms with Gasteiger partial charge in [-0.05, 0) is 6.07 Å². The van der Waals surface area contributed by atoms with Crippen LogP contribution in [0.15, 0.2) is 24.3 Å². The molecule has 0 amide bonds. The van der Waals surface area contributed by atoms with E-state index in [9.17, 15) is 5.11 Å². The summed E-state index contributed by atoms with van der Waals surface area (Å²) in [7, 11) is 0. The number of hydrogen-bond acceptors (Lipinski definition) is 3. The van der Waals surface area contributed by atoms with E-state index in [1.807, 2.05) is 12.1 Å². The summed E-state index contributed by atoms with van der Waals surface area (Å²) in [4.78, 5) is 4.77. The smallest absolute Gasteiger partial charge is 0.180 e. The van der Waals surface area contributed by atoms with E-state index in [4.69, 9.17) is 4.84 Å². The van der Waals surface area contributed by atoms with Gasteiger partial charge in [0.2, 0.25) is 0 Å². The van der Waals surface area contributed by atoms with Gasteiger partial charge in [-0.1, -0.05) is 18.2 Å². The standard InChI is InChI=1S/C7H7NO2.Fe/c9-6-4-2-1-3-5(6)7-8-10-7;/h1-4,7-9H;. The minimum atomic E-state index is -0.0961. The number of hydroxylamine groups is 1. The molecule has 1 saturated heterocycles. The number of benzene rings is 1. The maximum atomic E-state index is 9.20. The van der Waals surface area contributed by atoms with Crippen molar-refractivity contribution in [2.24, 2.45) is 0 Å². The van der Waals surface area contributed by atoms with Crippen molar-refractivity contribution in [1.82, 2.24) is 5.48 Å². The Morgan fingerprint density at radius 3 is 2.55 bits per heavy atom. The Labute approximate surface area is 74.8 Å². The zero-order valence-corrected chi connectivity index (χ0v) is 6.70. The average molecular weight is 193 g/mol. The molecule has 0 spiro atoms. The Kier molecular flexibility index (Phi) is 2.52. The first kappa shape index (κ1) is 8.56. The zero-order chi connectivity index (χ0) is 6.97. The van der Waals surface area contributed by atoms with Gasteiger partial charge in [-0.25, -0.2) is 0 Å². The molecule has 1 aliphatic heterocycles. The van der Waals surface area contributed by atoms with E-state index < -0.39 is 0 Å². The van der Waals surface area contributed by atoms with Crippen molar-refractivity contribution in [2.75, 3.05) is 0 Å². The topological polar surface area (TPSA) is 54.7 Å². The van der Waals surface area contributed by atoms with E-state index in [1.165, 1.54) is 0 Å². The predicted octanol–water partition coefficient (Wildman–Crippen LogP) is 0.923. The number of hydrogen-bond donors (Lipinski definition) is 2. The number of aromatic hydroxyl groups is 1. The molecule has 60 valence electrons. The monoisotopic (exact) mass is 193 g/mol. The van der Waals surface area contributed by atoms with Crippen molar-refractivity contribution >= 4 is 0 Å². The Morgan fingerprint density at radius 1 is 1.36 bits per heavy atom. The van der Waals surface area contributed by atoms with E-state index in [0.717, 1.165) is 5.56 Å². The van der Waals surface area contributed by atoms with Crippen LogP contribution in [-0.2, 0) is 21.9 Å². The van der Waals surface area contributed by atoms with Gasteiger partial charge < -0.3 is 5.11 Å². The molecule has 11 heavy (non-hydrogen) atoms. The van der Waals surface area contributed by atoms with Crippen LogP contribution in [0.2, 0.25) is 0 Å². The van der Waals surface area contributed by atoms with E-state index in [2.05, 4.69) is 5.48 Å². The van der Waals surface area contributed by atoms with Gasteiger partial charge in [0, 0.05) is 22.6 Å². The van der Waals surface area contributed by atoms with Gasteiger partial charge in [-0.15, -0.1) is 0 Å². The minimum Gasteiger partial charge on any atom is -0.508 e. The molecule has 1 unspecified atom stereocenters. The van der Waals surface area contributed by atoms with Crippen LogP contribution in [0.25, 0.3) is 0 Å². The van der Waals surface area contributed by atoms with Crippen molar-refractivity contribution in [3.05, 3.63) is 29.8 Å². The Hall–Kier alpha value is -0.541. The van der Waals surface area contributed by atoms with E-state index in [0.29, 0.717) is 0 Å². The first-order valence-corrected chi connectivity index (χ1v) is 3.07. The predicted molar refractivity (Wildman–Crippen MR) is 35.1 cm³/mol. The normalized spacial score (nSPS) is 20.5. The average Bonchev–Trinajstić information content (AvgIpc) is 2.71. The fraction of sp³-hybridized carbons (Fsp3) is 0.143.